The summed E-state index contributed by atoms with van der Waals surface area (Å²) in [6.07, 6.45) is 4.79. The molecule has 0 aromatic carbocycles. The molecule has 0 N–H and O–H groups in total. The zero-order valence-corrected chi connectivity index (χ0v) is 18.9. The van der Waals surface area contributed by atoms with Crippen LogP contribution in [-0.2, 0) is 19.4 Å². The topological polar surface area (TPSA) is 101 Å². The van der Waals surface area contributed by atoms with Crippen molar-refractivity contribution in [1.29, 1.82) is 0 Å². The molecule has 2 aliphatic rings. The van der Waals surface area contributed by atoms with E-state index >= 15 is 0 Å². The summed E-state index contributed by atoms with van der Waals surface area (Å²) in [5.41, 5.74) is 0.826. The van der Waals surface area contributed by atoms with Crippen molar-refractivity contribution in [2.45, 2.75) is 63.2 Å². The van der Waals surface area contributed by atoms with Crippen LogP contribution in [0.25, 0.3) is 0 Å². The summed E-state index contributed by atoms with van der Waals surface area (Å²) in [6.45, 7) is 5.14. The van der Waals surface area contributed by atoms with E-state index in [1.165, 1.54) is 6.20 Å². The second-order valence-electron chi connectivity index (χ2n) is 8.07. The number of carbonyl (C=O) groups is 1. The van der Waals surface area contributed by atoms with Crippen molar-refractivity contribution in [3.8, 4) is 0 Å². The second kappa shape index (κ2) is 9.80. The van der Waals surface area contributed by atoms with Gasteiger partial charge in [0.25, 0.3) is 0 Å². The molecule has 0 radical (unpaired) electrons. The third-order valence-corrected chi connectivity index (χ3v) is 6.27. The second-order valence-corrected chi connectivity index (χ2v) is 10.1. The summed E-state index contributed by atoms with van der Waals surface area (Å²) in [5.74, 6) is -0.539. The quantitative estimate of drug-likeness (QED) is 0.628. The van der Waals surface area contributed by atoms with Crippen LogP contribution in [0.15, 0.2) is 22.3 Å². The lowest BCUT2D eigenvalue weighted by atomic mass is 10.1. The molecule has 0 spiro atoms. The number of sulfone groups is 1. The van der Waals surface area contributed by atoms with E-state index < -0.39 is 28.0 Å². The molecule has 1 unspecified atom stereocenters. The van der Waals surface area contributed by atoms with Gasteiger partial charge in [-0.1, -0.05) is 5.16 Å². The Hall–Kier alpha value is -2.43. The molecular weight excluding hydrogens is 427 g/mol. The average molecular weight is 457 g/mol. The van der Waals surface area contributed by atoms with E-state index in [1.54, 1.807) is 23.6 Å². The zero-order chi connectivity index (χ0) is 22.6. The van der Waals surface area contributed by atoms with Crippen LogP contribution in [0.5, 0.6) is 0 Å². The number of amides is 1. The highest BCUT2D eigenvalue weighted by molar-refractivity contribution is 7.90. The van der Waals surface area contributed by atoms with Crippen LogP contribution >= 0.6 is 0 Å². The normalized spacial score (nSPS) is 20.0. The number of likely N-dealkylation sites (tertiary alicyclic amines) is 1. The molecule has 3 heterocycles. The lowest BCUT2D eigenvalue weighted by Crippen LogP contribution is -2.45. The van der Waals surface area contributed by atoms with Crippen LogP contribution in [0.4, 0.5) is 15.0 Å². The van der Waals surface area contributed by atoms with E-state index in [9.17, 15) is 17.6 Å². The van der Waals surface area contributed by atoms with Crippen LogP contribution in [0.3, 0.4) is 0 Å². The smallest absolute Gasteiger partial charge is 0.412 e. The van der Waals surface area contributed by atoms with Gasteiger partial charge in [-0.2, -0.15) is 0 Å². The fourth-order valence-corrected chi connectivity index (χ4v) is 4.10. The lowest BCUT2D eigenvalue weighted by molar-refractivity contribution is -0.0741. The fraction of sp³-hybridized carbons (Fsp3) is 0.650. The summed E-state index contributed by atoms with van der Waals surface area (Å²) in [7, 11) is -3.51. The Balaban J connectivity index is 1.58. The van der Waals surface area contributed by atoms with Gasteiger partial charge in [0, 0.05) is 51.3 Å². The largest absolute Gasteiger partial charge is 0.447 e. The SMILES string of the molecule is CC(C)OC(=O)N1CCCCC1ON=C1CCN(c2ncc(S(C)(=O)=O)cc2F)CC1. The van der Waals surface area contributed by atoms with E-state index in [4.69, 9.17) is 9.57 Å². The molecule has 1 aromatic heterocycles. The molecule has 1 aromatic rings. The van der Waals surface area contributed by atoms with Gasteiger partial charge in [-0.3, -0.25) is 4.90 Å². The van der Waals surface area contributed by atoms with Crippen molar-refractivity contribution in [3.05, 3.63) is 18.1 Å². The van der Waals surface area contributed by atoms with E-state index in [0.29, 0.717) is 38.9 Å². The molecule has 9 nitrogen and oxygen atoms in total. The van der Waals surface area contributed by atoms with Crippen LogP contribution in [-0.4, -0.2) is 68.3 Å². The van der Waals surface area contributed by atoms with Crippen molar-refractivity contribution < 1.29 is 27.2 Å². The Kier molecular flexibility index (Phi) is 7.34. The number of hydrogen-bond acceptors (Lipinski definition) is 8. The molecule has 11 heteroatoms. The average Bonchev–Trinajstić information content (AvgIpc) is 2.72. The molecular formula is C20H29FN4O5S. The molecule has 0 saturated carbocycles. The molecule has 1 amide bonds. The monoisotopic (exact) mass is 456 g/mol. The summed E-state index contributed by atoms with van der Waals surface area (Å²) >= 11 is 0. The Morgan fingerprint density at radius 3 is 2.58 bits per heavy atom. The number of carbonyl (C=O) groups excluding carboxylic acids is 1. The van der Waals surface area contributed by atoms with Gasteiger partial charge in [-0.15, -0.1) is 0 Å². The molecule has 31 heavy (non-hydrogen) atoms. The number of rotatable bonds is 5. The van der Waals surface area contributed by atoms with Crippen LogP contribution in [0.1, 0.15) is 46.0 Å². The zero-order valence-electron chi connectivity index (χ0n) is 18.1. The maximum Gasteiger partial charge on any atom is 0.412 e. The van der Waals surface area contributed by atoms with Gasteiger partial charge in [0.2, 0.25) is 6.23 Å². The number of anilines is 1. The molecule has 172 valence electrons. The number of oxime groups is 1. The minimum Gasteiger partial charge on any atom is -0.447 e. The molecule has 3 rings (SSSR count). The van der Waals surface area contributed by atoms with Gasteiger partial charge in [0.05, 0.1) is 16.7 Å². The first kappa shape index (κ1) is 23.2. The number of nitrogens with zero attached hydrogens (tertiary/aromatic N) is 4. The fourth-order valence-electron chi connectivity index (χ4n) is 3.54. The summed E-state index contributed by atoms with van der Waals surface area (Å²) in [4.78, 5) is 25.2. The Morgan fingerprint density at radius 2 is 1.97 bits per heavy atom. The first-order valence-corrected chi connectivity index (χ1v) is 12.3. The number of aromatic nitrogens is 1. The lowest BCUT2D eigenvalue weighted by Gasteiger charge is -2.34. The van der Waals surface area contributed by atoms with Crippen molar-refractivity contribution in [1.82, 2.24) is 9.88 Å². The first-order valence-electron chi connectivity index (χ1n) is 10.4. The Bertz CT molecular complexity index is 927. The van der Waals surface area contributed by atoms with Crippen molar-refractivity contribution in [3.63, 3.8) is 0 Å². The van der Waals surface area contributed by atoms with Gasteiger partial charge in [-0.05, 0) is 32.8 Å². The number of piperidine rings is 2. The molecule has 2 aliphatic heterocycles. The number of hydrogen-bond donors (Lipinski definition) is 0. The van der Waals surface area contributed by atoms with E-state index in [2.05, 4.69) is 10.1 Å². The highest BCUT2D eigenvalue weighted by Gasteiger charge is 2.30. The Labute approximate surface area is 182 Å². The summed E-state index contributed by atoms with van der Waals surface area (Å²) in [5, 5.41) is 4.26. The van der Waals surface area contributed by atoms with E-state index in [0.717, 1.165) is 30.9 Å². The highest BCUT2D eigenvalue weighted by atomic mass is 32.2. The van der Waals surface area contributed by atoms with Crippen molar-refractivity contribution in [2.75, 3.05) is 30.8 Å². The minimum atomic E-state index is -3.51. The third-order valence-electron chi connectivity index (χ3n) is 5.19. The molecule has 0 aliphatic carbocycles. The van der Waals surface area contributed by atoms with Gasteiger partial charge in [-0.25, -0.2) is 22.6 Å². The number of pyridine rings is 1. The summed E-state index contributed by atoms with van der Waals surface area (Å²) in [6, 6.07) is 0.998. The summed E-state index contributed by atoms with van der Waals surface area (Å²) < 4.78 is 42.8. The highest BCUT2D eigenvalue weighted by Crippen LogP contribution is 2.24. The van der Waals surface area contributed by atoms with Gasteiger partial charge < -0.3 is 14.5 Å². The third kappa shape index (κ3) is 6.05. The number of ether oxygens (including phenoxy) is 1. The van der Waals surface area contributed by atoms with Crippen LogP contribution < -0.4 is 4.90 Å². The first-order chi connectivity index (χ1) is 14.6. The maximum atomic E-state index is 14.4. The van der Waals surface area contributed by atoms with Crippen molar-refractivity contribution in [2.24, 2.45) is 5.16 Å². The van der Waals surface area contributed by atoms with Gasteiger partial charge >= 0.3 is 6.09 Å². The van der Waals surface area contributed by atoms with E-state index in [-0.39, 0.29) is 16.8 Å². The maximum absolute atomic E-state index is 14.4. The molecule has 1 atom stereocenters. The van der Waals surface area contributed by atoms with Crippen molar-refractivity contribution >= 4 is 27.5 Å². The van der Waals surface area contributed by atoms with Crippen LogP contribution in [0.2, 0.25) is 0 Å². The van der Waals surface area contributed by atoms with Gasteiger partial charge in [0.1, 0.15) is 0 Å². The molecule has 0 bridgehead atoms. The standard InChI is InChI=1S/C20H29FN4O5S/c1-14(2)29-20(26)25-9-5-4-6-18(25)30-23-15-7-10-24(11-8-15)19-17(21)12-16(13-22-19)31(3,27)28/h12-14,18H,4-11H2,1-3H3. The predicted molar refractivity (Wildman–Crippen MR) is 113 cm³/mol. The van der Waals surface area contributed by atoms with Crippen LogP contribution in [0, 0.1) is 5.82 Å². The predicted octanol–water partition coefficient (Wildman–Crippen LogP) is 2.95. The number of halogens is 1. The molecule has 2 fully saturated rings. The minimum absolute atomic E-state index is 0.127. The van der Waals surface area contributed by atoms with E-state index in [1.807, 2.05) is 0 Å². The van der Waals surface area contributed by atoms with Gasteiger partial charge in [0.15, 0.2) is 21.5 Å². The Morgan fingerprint density at radius 1 is 1.26 bits per heavy atom. The molecule has 2 saturated heterocycles.